The molecule has 3 rings (SSSR count). The van der Waals surface area contributed by atoms with Crippen LogP contribution < -0.4 is 10.6 Å². The summed E-state index contributed by atoms with van der Waals surface area (Å²) in [6.07, 6.45) is 0. The largest absolute Gasteiger partial charge is 0.366 e. The van der Waals surface area contributed by atoms with Crippen LogP contribution >= 0.6 is 22.6 Å². The van der Waals surface area contributed by atoms with Crippen molar-refractivity contribution in [2.24, 2.45) is 0 Å². The molecule has 2 N–H and O–H groups in total. The highest BCUT2D eigenvalue weighted by atomic mass is 127. The Kier molecular flexibility index (Phi) is 3.16. The van der Waals surface area contributed by atoms with Crippen molar-refractivity contribution in [2.45, 2.75) is 12.5 Å². The molecular formula is C15H12FIN2O. The molecular weight excluding hydrogens is 370 g/mol. The highest BCUT2D eigenvalue weighted by Gasteiger charge is 2.39. The van der Waals surface area contributed by atoms with E-state index < -0.39 is 5.54 Å². The molecule has 1 heterocycles. The SMILES string of the molecule is CC1(c2ccccc2)Nc2cc(F)c(I)cc2NC1=O. The molecule has 20 heavy (non-hydrogen) atoms. The van der Waals surface area contributed by atoms with Crippen LogP contribution in [0.15, 0.2) is 42.5 Å². The molecule has 0 fully saturated rings. The monoisotopic (exact) mass is 382 g/mol. The normalized spacial score (nSPS) is 20.9. The first-order chi connectivity index (χ1) is 9.50. The Morgan fingerprint density at radius 2 is 1.85 bits per heavy atom. The van der Waals surface area contributed by atoms with Crippen LogP contribution in [0, 0.1) is 9.39 Å². The Labute approximate surface area is 129 Å². The minimum atomic E-state index is -0.909. The number of hydrogen-bond acceptors (Lipinski definition) is 2. The molecule has 0 bridgehead atoms. The first-order valence-corrected chi connectivity index (χ1v) is 7.23. The second kappa shape index (κ2) is 4.73. The Hall–Kier alpha value is -1.63. The topological polar surface area (TPSA) is 41.1 Å². The van der Waals surface area contributed by atoms with Crippen molar-refractivity contribution in [3.8, 4) is 0 Å². The zero-order valence-electron chi connectivity index (χ0n) is 10.7. The number of hydrogen-bond donors (Lipinski definition) is 2. The minimum Gasteiger partial charge on any atom is -0.366 e. The highest BCUT2D eigenvalue weighted by molar-refractivity contribution is 14.1. The molecule has 1 aliphatic rings. The summed E-state index contributed by atoms with van der Waals surface area (Å²) in [7, 11) is 0. The van der Waals surface area contributed by atoms with Gasteiger partial charge in [-0.3, -0.25) is 4.79 Å². The standard InChI is InChI=1S/C15H12FIN2O/c1-15(9-5-3-2-4-6-9)14(20)18-12-8-11(17)10(16)7-13(12)19-15/h2-8,19H,1H3,(H,18,20). The molecule has 0 saturated carbocycles. The Morgan fingerprint density at radius 1 is 1.15 bits per heavy atom. The maximum Gasteiger partial charge on any atom is 0.254 e. The average molecular weight is 382 g/mol. The minimum absolute atomic E-state index is 0.154. The van der Waals surface area contributed by atoms with Gasteiger partial charge in [-0.25, -0.2) is 4.39 Å². The van der Waals surface area contributed by atoms with E-state index in [2.05, 4.69) is 10.6 Å². The van der Waals surface area contributed by atoms with Gasteiger partial charge in [0.25, 0.3) is 5.91 Å². The van der Waals surface area contributed by atoms with Crippen LogP contribution in [-0.4, -0.2) is 5.91 Å². The predicted octanol–water partition coefficient (Wildman–Crippen LogP) is 3.71. The lowest BCUT2D eigenvalue weighted by Gasteiger charge is -2.36. The fourth-order valence-corrected chi connectivity index (χ4v) is 2.77. The lowest BCUT2D eigenvalue weighted by atomic mass is 9.88. The number of anilines is 2. The predicted molar refractivity (Wildman–Crippen MR) is 85.2 cm³/mol. The van der Waals surface area contributed by atoms with Crippen molar-refractivity contribution in [3.05, 3.63) is 57.4 Å². The van der Waals surface area contributed by atoms with E-state index in [0.29, 0.717) is 14.9 Å². The zero-order valence-corrected chi connectivity index (χ0v) is 12.9. The molecule has 1 unspecified atom stereocenters. The van der Waals surface area contributed by atoms with Crippen LogP contribution in [0.1, 0.15) is 12.5 Å². The number of amides is 1. The molecule has 1 amide bonds. The van der Waals surface area contributed by atoms with Crippen LogP contribution in [0.2, 0.25) is 0 Å². The lowest BCUT2D eigenvalue weighted by molar-refractivity contribution is -0.120. The Balaban J connectivity index is 2.09. The van der Waals surface area contributed by atoms with Crippen molar-refractivity contribution in [1.29, 1.82) is 0 Å². The molecule has 0 spiro atoms. The molecule has 0 aliphatic carbocycles. The van der Waals surface area contributed by atoms with Gasteiger partial charge in [0, 0.05) is 6.07 Å². The summed E-state index contributed by atoms with van der Waals surface area (Å²) in [5, 5.41) is 6.00. The molecule has 0 radical (unpaired) electrons. The van der Waals surface area contributed by atoms with Crippen LogP contribution in [0.4, 0.5) is 15.8 Å². The third-order valence-electron chi connectivity index (χ3n) is 3.50. The first kappa shape index (κ1) is 13.4. The zero-order chi connectivity index (χ0) is 14.3. The van der Waals surface area contributed by atoms with E-state index in [0.717, 1.165) is 5.56 Å². The van der Waals surface area contributed by atoms with Crippen LogP contribution in [0.5, 0.6) is 0 Å². The lowest BCUT2D eigenvalue weighted by Crippen LogP contribution is -2.47. The maximum atomic E-state index is 13.7. The molecule has 3 nitrogen and oxygen atoms in total. The van der Waals surface area contributed by atoms with E-state index >= 15 is 0 Å². The number of halogens is 2. The maximum absolute atomic E-state index is 13.7. The van der Waals surface area contributed by atoms with Gasteiger partial charge in [0.2, 0.25) is 0 Å². The molecule has 5 heteroatoms. The molecule has 1 aliphatic heterocycles. The van der Waals surface area contributed by atoms with E-state index in [4.69, 9.17) is 0 Å². The number of rotatable bonds is 1. The van der Waals surface area contributed by atoms with Gasteiger partial charge in [-0.2, -0.15) is 0 Å². The van der Waals surface area contributed by atoms with Crippen LogP contribution in [0.3, 0.4) is 0 Å². The fraction of sp³-hybridized carbons (Fsp3) is 0.133. The van der Waals surface area contributed by atoms with Gasteiger partial charge in [-0.1, -0.05) is 30.3 Å². The quantitative estimate of drug-likeness (QED) is 0.739. The number of fused-ring (bicyclic) bond motifs is 1. The van der Waals surface area contributed by atoms with Crippen molar-refractivity contribution in [3.63, 3.8) is 0 Å². The van der Waals surface area contributed by atoms with Gasteiger partial charge in [-0.05, 0) is 41.1 Å². The molecule has 2 aromatic rings. The average Bonchev–Trinajstić information content (AvgIpc) is 2.44. The molecule has 1 atom stereocenters. The molecule has 0 aromatic heterocycles. The van der Waals surface area contributed by atoms with E-state index in [1.807, 2.05) is 52.9 Å². The Bertz CT molecular complexity index is 690. The summed E-state index contributed by atoms with van der Waals surface area (Å²) in [6.45, 7) is 1.79. The van der Waals surface area contributed by atoms with Crippen molar-refractivity contribution in [2.75, 3.05) is 10.6 Å². The number of nitrogens with one attached hydrogen (secondary N) is 2. The number of benzene rings is 2. The van der Waals surface area contributed by atoms with Gasteiger partial charge in [0.15, 0.2) is 0 Å². The summed E-state index contributed by atoms with van der Waals surface area (Å²) in [5.74, 6) is -0.456. The Morgan fingerprint density at radius 3 is 2.55 bits per heavy atom. The second-order valence-corrected chi connectivity index (χ2v) is 6.04. The summed E-state index contributed by atoms with van der Waals surface area (Å²) in [6, 6.07) is 12.4. The van der Waals surface area contributed by atoms with Gasteiger partial charge in [0.1, 0.15) is 11.4 Å². The van der Waals surface area contributed by atoms with Crippen LogP contribution in [0.25, 0.3) is 0 Å². The van der Waals surface area contributed by atoms with E-state index in [9.17, 15) is 9.18 Å². The van der Waals surface area contributed by atoms with Crippen molar-refractivity contribution >= 4 is 39.9 Å². The van der Waals surface area contributed by atoms with Crippen LogP contribution in [-0.2, 0) is 10.3 Å². The van der Waals surface area contributed by atoms with E-state index in [1.165, 1.54) is 6.07 Å². The number of carbonyl (C=O) groups is 1. The summed E-state index contributed by atoms with van der Waals surface area (Å²) in [5.41, 5.74) is 1.12. The van der Waals surface area contributed by atoms with Gasteiger partial charge < -0.3 is 10.6 Å². The van der Waals surface area contributed by atoms with Crippen molar-refractivity contribution in [1.82, 2.24) is 0 Å². The highest BCUT2D eigenvalue weighted by Crippen LogP contribution is 2.37. The van der Waals surface area contributed by atoms with Gasteiger partial charge in [-0.15, -0.1) is 0 Å². The van der Waals surface area contributed by atoms with Gasteiger partial charge in [0.05, 0.1) is 14.9 Å². The smallest absolute Gasteiger partial charge is 0.254 e. The van der Waals surface area contributed by atoms with Crippen molar-refractivity contribution < 1.29 is 9.18 Å². The van der Waals surface area contributed by atoms with Gasteiger partial charge >= 0.3 is 0 Å². The van der Waals surface area contributed by atoms with E-state index in [1.54, 1.807) is 13.0 Å². The molecule has 2 aromatic carbocycles. The summed E-state index contributed by atoms with van der Waals surface area (Å²) < 4.78 is 14.2. The third kappa shape index (κ3) is 2.06. The second-order valence-electron chi connectivity index (χ2n) is 4.88. The third-order valence-corrected chi connectivity index (χ3v) is 4.33. The number of carbonyl (C=O) groups excluding carboxylic acids is 1. The summed E-state index contributed by atoms with van der Waals surface area (Å²) in [4.78, 5) is 12.4. The fourth-order valence-electron chi connectivity index (χ4n) is 2.30. The summed E-state index contributed by atoms with van der Waals surface area (Å²) >= 11 is 1.90. The first-order valence-electron chi connectivity index (χ1n) is 6.15. The van der Waals surface area contributed by atoms with E-state index in [-0.39, 0.29) is 11.7 Å². The molecule has 0 saturated heterocycles. The molecule has 102 valence electrons.